The van der Waals surface area contributed by atoms with Gasteiger partial charge in [-0.1, -0.05) is 0 Å². The van der Waals surface area contributed by atoms with Crippen molar-refractivity contribution in [2.45, 2.75) is 24.9 Å². The van der Waals surface area contributed by atoms with Gasteiger partial charge in [0.1, 0.15) is 0 Å². The minimum Gasteiger partial charge on any atom is -0.478 e. The minimum absolute atomic E-state index is 0.130. The average molecular weight is 301 g/mol. The number of hydrogen-bond acceptors (Lipinski definition) is 5. The molecule has 9 heteroatoms. The molecule has 20 heavy (non-hydrogen) atoms. The SMILES string of the molecule is CC(C)N(CC(N)=O)S(=O)(=O)c1ccc(C(=O)O)cn1. The summed E-state index contributed by atoms with van der Waals surface area (Å²) in [5, 5.41) is 8.40. The third kappa shape index (κ3) is 3.52. The molecule has 110 valence electrons. The lowest BCUT2D eigenvalue weighted by atomic mass is 10.3. The molecule has 0 saturated carbocycles. The first kappa shape index (κ1) is 16.1. The predicted octanol–water partition coefficient (Wildman–Crippen LogP) is -0.336. The quantitative estimate of drug-likeness (QED) is 0.739. The summed E-state index contributed by atoms with van der Waals surface area (Å²) in [6.45, 7) is 2.71. The highest BCUT2D eigenvalue weighted by Gasteiger charge is 2.29. The molecule has 0 unspecified atom stereocenters. The predicted molar refractivity (Wildman–Crippen MR) is 69.4 cm³/mol. The van der Waals surface area contributed by atoms with Crippen LogP contribution in [0.1, 0.15) is 24.2 Å². The Balaban J connectivity index is 3.19. The summed E-state index contributed by atoms with van der Waals surface area (Å²) < 4.78 is 25.5. The summed E-state index contributed by atoms with van der Waals surface area (Å²) in [5.74, 6) is -2.00. The molecule has 3 N–H and O–H groups in total. The molecule has 0 aliphatic heterocycles. The van der Waals surface area contributed by atoms with E-state index < -0.39 is 34.5 Å². The van der Waals surface area contributed by atoms with Crippen molar-refractivity contribution in [3.63, 3.8) is 0 Å². The Morgan fingerprint density at radius 2 is 2.00 bits per heavy atom. The van der Waals surface area contributed by atoms with Gasteiger partial charge in [0.05, 0.1) is 12.1 Å². The van der Waals surface area contributed by atoms with Crippen molar-refractivity contribution in [1.82, 2.24) is 9.29 Å². The lowest BCUT2D eigenvalue weighted by molar-refractivity contribution is -0.118. The van der Waals surface area contributed by atoms with Crippen molar-refractivity contribution >= 4 is 21.9 Å². The highest BCUT2D eigenvalue weighted by molar-refractivity contribution is 7.89. The van der Waals surface area contributed by atoms with Gasteiger partial charge >= 0.3 is 5.97 Å². The van der Waals surface area contributed by atoms with Crippen LogP contribution < -0.4 is 5.73 Å². The first-order valence-corrected chi connectivity index (χ1v) is 7.09. The van der Waals surface area contributed by atoms with E-state index in [4.69, 9.17) is 10.8 Å². The number of sulfonamides is 1. The summed E-state index contributed by atoms with van der Waals surface area (Å²) in [6, 6.07) is 1.72. The molecule has 0 atom stereocenters. The van der Waals surface area contributed by atoms with Gasteiger partial charge in [-0.15, -0.1) is 0 Å². The van der Waals surface area contributed by atoms with Crippen LogP contribution in [-0.2, 0) is 14.8 Å². The number of rotatable bonds is 6. The van der Waals surface area contributed by atoms with Gasteiger partial charge in [0.15, 0.2) is 5.03 Å². The molecule has 1 rings (SSSR count). The summed E-state index contributed by atoms with van der Waals surface area (Å²) in [7, 11) is -4.01. The van der Waals surface area contributed by atoms with E-state index in [2.05, 4.69) is 4.98 Å². The zero-order chi connectivity index (χ0) is 15.5. The summed E-state index contributed by atoms with van der Waals surface area (Å²) in [4.78, 5) is 25.3. The largest absolute Gasteiger partial charge is 0.478 e. The second-order valence-electron chi connectivity index (χ2n) is 4.30. The van der Waals surface area contributed by atoms with Gasteiger partial charge in [-0.25, -0.2) is 18.2 Å². The average Bonchev–Trinajstić information content (AvgIpc) is 2.35. The van der Waals surface area contributed by atoms with E-state index in [1.54, 1.807) is 13.8 Å². The van der Waals surface area contributed by atoms with Crippen LogP contribution in [0.4, 0.5) is 0 Å². The summed E-state index contributed by atoms with van der Waals surface area (Å²) >= 11 is 0. The van der Waals surface area contributed by atoms with Crippen molar-refractivity contribution in [3.8, 4) is 0 Å². The Kier molecular flexibility index (Phi) is 4.79. The summed E-state index contributed by atoms with van der Waals surface area (Å²) in [5.41, 5.74) is 4.90. The maximum atomic E-state index is 12.3. The number of carbonyl (C=O) groups excluding carboxylic acids is 1. The number of aromatic nitrogens is 1. The molecule has 1 aromatic rings. The van der Waals surface area contributed by atoms with Gasteiger partial charge in [-0.05, 0) is 26.0 Å². The smallest absolute Gasteiger partial charge is 0.337 e. The van der Waals surface area contributed by atoms with Crippen molar-refractivity contribution in [2.75, 3.05) is 6.54 Å². The van der Waals surface area contributed by atoms with Crippen LogP contribution in [0.2, 0.25) is 0 Å². The van der Waals surface area contributed by atoms with Crippen molar-refractivity contribution in [2.24, 2.45) is 5.73 Å². The fourth-order valence-electron chi connectivity index (χ4n) is 1.48. The molecule has 8 nitrogen and oxygen atoms in total. The number of hydrogen-bond donors (Lipinski definition) is 2. The normalized spacial score (nSPS) is 11.8. The lowest BCUT2D eigenvalue weighted by Crippen LogP contribution is -2.42. The second-order valence-corrected chi connectivity index (χ2v) is 6.14. The van der Waals surface area contributed by atoms with Gasteiger partial charge in [0.2, 0.25) is 5.91 Å². The molecule has 0 saturated heterocycles. The highest BCUT2D eigenvalue weighted by atomic mass is 32.2. The molecule has 0 aliphatic carbocycles. The minimum atomic E-state index is -4.01. The van der Waals surface area contributed by atoms with Crippen LogP contribution in [-0.4, -0.2) is 47.3 Å². The summed E-state index contributed by atoms with van der Waals surface area (Å²) in [6.07, 6.45) is 0.942. The maximum Gasteiger partial charge on any atom is 0.337 e. The van der Waals surface area contributed by atoms with E-state index in [9.17, 15) is 18.0 Å². The number of primary amides is 1. The third-order valence-electron chi connectivity index (χ3n) is 2.44. The van der Waals surface area contributed by atoms with E-state index in [0.29, 0.717) is 0 Å². The molecular weight excluding hydrogens is 286 g/mol. The van der Waals surface area contributed by atoms with Crippen molar-refractivity contribution in [1.29, 1.82) is 0 Å². The number of nitrogens with zero attached hydrogens (tertiary/aromatic N) is 2. The molecule has 0 fully saturated rings. The van der Waals surface area contributed by atoms with Crippen molar-refractivity contribution < 1.29 is 23.1 Å². The monoisotopic (exact) mass is 301 g/mol. The molecule has 1 heterocycles. The number of nitrogens with two attached hydrogens (primary N) is 1. The number of pyridine rings is 1. The molecule has 1 amide bonds. The van der Waals surface area contributed by atoms with Crippen LogP contribution in [0.5, 0.6) is 0 Å². The molecule has 1 aromatic heterocycles. The van der Waals surface area contributed by atoms with E-state index >= 15 is 0 Å². The van der Waals surface area contributed by atoms with Gasteiger partial charge in [-0.2, -0.15) is 4.31 Å². The third-order valence-corrected chi connectivity index (χ3v) is 4.38. The number of carboxylic acid groups (broad SMARTS) is 1. The molecule has 0 radical (unpaired) electrons. The Labute approximate surface area is 116 Å². The fourth-order valence-corrected chi connectivity index (χ4v) is 3.00. The van der Waals surface area contributed by atoms with E-state index in [1.807, 2.05) is 0 Å². The Morgan fingerprint density at radius 3 is 2.35 bits per heavy atom. The molecule has 0 aromatic carbocycles. The zero-order valence-electron chi connectivity index (χ0n) is 11.0. The maximum absolute atomic E-state index is 12.3. The molecule has 0 bridgehead atoms. The standard InChI is InChI=1S/C11H15N3O5S/c1-7(2)14(6-9(12)15)20(18,19)10-4-3-8(5-13-10)11(16)17/h3-5,7H,6H2,1-2H3,(H2,12,15)(H,16,17). The van der Waals surface area contributed by atoms with Crippen LogP contribution in [0, 0.1) is 0 Å². The number of carbonyl (C=O) groups is 2. The van der Waals surface area contributed by atoms with Crippen LogP contribution in [0.3, 0.4) is 0 Å². The van der Waals surface area contributed by atoms with Crippen LogP contribution in [0.25, 0.3) is 0 Å². The van der Waals surface area contributed by atoms with Gasteiger partial charge < -0.3 is 10.8 Å². The number of amides is 1. The van der Waals surface area contributed by atoms with Gasteiger partial charge in [0, 0.05) is 12.2 Å². The van der Waals surface area contributed by atoms with Gasteiger partial charge in [-0.3, -0.25) is 4.79 Å². The van der Waals surface area contributed by atoms with Gasteiger partial charge in [0.25, 0.3) is 10.0 Å². The zero-order valence-corrected chi connectivity index (χ0v) is 11.8. The second kappa shape index (κ2) is 5.97. The fraction of sp³-hybridized carbons (Fsp3) is 0.364. The van der Waals surface area contributed by atoms with E-state index in [-0.39, 0.29) is 10.6 Å². The van der Waals surface area contributed by atoms with E-state index in [0.717, 1.165) is 22.6 Å². The first-order valence-electron chi connectivity index (χ1n) is 5.65. The lowest BCUT2D eigenvalue weighted by Gasteiger charge is -2.23. The number of carboxylic acids is 1. The Bertz CT molecular complexity index is 609. The van der Waals surface area contributed by atoms with Crippen molar-refractivity contribution in [3.05, 3.63) is 23.9 Å². The molecule has 0 spiro atoms. The topological polar surface area (TPSA) is 131 Å². The number of aromatic carboxylic acids is 1. The Morgan fingerprint density at radius 1 is 1.40 bits per heavy atom. The highest BCUT2D eigenvalue weighted by Crippen LogP contribution is 2.16. The molecule has 0 aliphatic rings. The van der Waals surface area contributed by atoms with E-state index in [1.165, 1.54) is 0 Å². The van der Waals surface area contributed by atoms with Crippen LogP contribution in [0.15, 0.2) is 23.4 Å². The van der Waals surface area contributed by atoms with Crippen LogP contribution >= 0.6 is 0 Å². The molecular formula is C11H15N3O5S. The Hall–Kier alpha value is -2.00. The first-order chi connectivity index (χ1) is 9.16.